The minimum Gasteiger partial charge on any atom is -0.372 e. The molecule has 2 saturated heterocycles. The molecule has 2 rings (SSSR count). The molecule has 0 aromatic rings. The van der Waals surface area contributed by atoms with Gasteiger partial charge in [0.25, 0.3) is 0 Å². The van der Waals surface area contributed by atoms with Crippen LogP contribution < -0.4 is 5.32 Å². The van der Waals surface area contributed by atoms with Crippen molar-refractivity contribution >= 4 is 5.91 Å². The normalized spacial score (nSPS) is 26.4. The van der Waals surface area contributed by atoms with Gasteiger partial charge in [-0.15, -0.1) is 0 Å². The van der Waals surface area contributed by atoms with Gasteiger partial charge in [-0.05, 0) is 32.9 Å². The molecule has 2 fully saturated rings. The summed E-state index contributed by atoms with van der Waals surface area (Å²) in [5, 5.41) is 3.34. The molecule has 0 bridgehead atoms. The average Bonchev–Trinajstić information content (AvgIpc) is 2.79. The highest BCUT2D eigenvalue weighted by Gasteiger charge is 2.41. The molecule has 1 unspecified atom stereocenters. The Hall–Kier alpha value is -0.650. The third-order valence-electron chi connectivity index (χ3n) is 4.03. The van der Waals surface area contributed by atoms with Crippen LogP contribution >= 0.6 is 0 Å². The molecule has 104 valence electrons. The fourth-order valence-corrected chi connectivity index (χ4v) is 2.62. The maximum absolute atomic E-state index is 11.6. The van der Waals surface area contributed by atoms with Crippen molar-refractivity contribution in [3.05, 3.63) is 0 Å². The summed E-state index contributed by atoms with van der Waals surface area (Å²) in [6, 6.07) is 0. The van der Waals surface area contributed by atoms with E-state index in [1.165, 1.54) is 0 Å². The molecule has 0 radical (unpaired) electrons. The first-order chi connectivity index (χ1) is 8.65. The fraction of sp³-hybridized carbons (Fsp3) is 0.923. The van der Waals surface area contributed by atoms with Gasteiger partial charge in [-0.3, -0.25) is 4.79 Å². The number of nitrogens with zero attached hydrogens (tertiary/aromatic N) is 1. The number of rotatable bonds is 4. The molecular weight excluding hydrogens is 232 g/mol. The summed E-state index contributed by atoms with van der Waals surface area (Å²) in [5.41, 5.74) is 0.00955. The van der Waals surface area contributed by atoms with Crippen LogP contribution in [0.4, 0.5) is 0 Å². The van der Waals surface area contributed by atoms with Crippen molar-refractivity contribution in [1.29, 1.82) is 0 Å². The molecule has 1 N–H and O–H groups in total. The van der Waals surface area contributed by atoms with E-state index in [1.807, 2.05) is 6.92 Å². The van der Waals surface area contributed by atoms with Gasteiger partial charge in [-0.25, -0.2) is 0 Å². The van der Waals surface area contributed by atoms with Gasteiger partial charge >= 0.3 is 0 Å². The van der Waals surface area contributed by atoms with Crippen molar-refractivity contribution in [2.24, 2.45) is 0 Å². The van der Waals surface area contributed by atoms with E-state index in [0.717, 1.165) is 38.9 Å². The molecule has 1 atom stereocenters. The molecule has 0 aliphatic carbocycles. The predicted molar refractivity (Wildman–Crippen MR) is 68.5 cm³/mol. The number of piperidine rings is 1. The van der Waals surface area contributed by atoms with Crippen LogP contribution in [-0.4, -0.2) is 62.4 Å². The summed E-state index contributed by atoms with van der Waals surface area (Å²) in [6.45, 7) is 5.52. The van der Waals surface area contributed by atoms with E-state index in [-0.39, 0.29) is 24.2 Å². The zero-order valence-corrected chi connectivity index (χ0v) is 11.4. The highest BCUT2D eigenvalue weighted by Crippen LogP contribution is 2.35. The van der Waals surface area contributed by atoms with Crippen molar-refractivity contribution in [2.45, 2.75) is 37.9 Å². The molecule has 2 aliphatic heterocycles. The van der Waals surface area contributed by atoms with E-state index in [9.17, 15) is 4.79 Å². The summed E-state index contributed by atoms with van der Waals surface area (Å²) in [7, 11) is 1.80. The number of hydrogen-bond acceptors (Lipinski definition) is 4. The highest BCUT2D eigenvalue weighted by atomic mass is 16.6. The predicted octanol–water partition coefficient (Wildman–Crippen LogP) is 0.392. The second kappa shape index (κ2) is 5.99. The third kappa shape index (κ3) is 3.22. The van der Waals surface area contributed by atoms with Gasteiger partial charge in [0.1, 0.15) is 6.61 Å². The van der Waals surface area contributed by atoms with Crippen LogP contribution in [0.5, 0.6) is 0 Å². The summed E-state index contributed by atoms with van der Waals surface area (Å²) < 4.78 is 11.6. The van der Waals surface area contributed by atoms with Crippen LogP contribution in [0.2, 0.25) is 0 Å². The quantitative estimate of drug-likeness (QED) is 0.790. The first-order valence-electron chi connectivity index (χ1n) is 6.85. The highest BCUT2D eigenvalue weighted by molar-refractivity contribution is 5.77. The first-order valence-corrected chi connectivity index (χ1v) is 6.85. The number of hydrogen-bond donors (Lipinski definition) is 1. The van der Waals surface area contributed by atoms with Crippen molar-refractivity contribution in [3.8, 4) is 0 Å². The summed E-state index contributed by atoms with van der Waals surface area (Å²) in [6.07, 6.45) is 3.11. The second-order valence-corrected chi connectivity index (χ2v) is 5.29. The lowest BCUT2D eigenvalue weighted by molar-refractivity contribution is -0.136. The lowest BCUT2D eigenvalue weighted by Crippen LogP contribution is -2.41. The zero-order valence-electron chi connectivity index (χ0n) is 11.4. The first kappa shape index (κ1) is 13.8. The SMILES string of the molecule is CCN(C)C(=O)COC1COC2(CCNCC2)C1. The van der Waals surface area contributed by atoms with Crippen LogP contribution in [-0.2, 0) is 14.3 Å². The molecule has 5 heteroatoms. The number of likely N-dealkylation sites (N-methyl/N-ethyl adjacent to an activating group) is 1. The Kier molecular flexibility index (Phi) is 4.59. The van der Waals surface area contributed by atoms with Crippen molar-refractivity contribution < 1.29 is 14.3 Å². The molecule has 1 amide bonds. The maximum Gasteiger partial charge on any atom is 0.248 e. The maximum atomic E-state index is 11.6. The summed E-state index contributed by atoms with van der Waals surface area (Å²) in [4.78, 5) is 13.3. The van der Waals surface area contributed by atoms with Crippen LogP contribution in [0.3, 0.4) is 0 Å². The van der Waals surface area contributed by atoms with Gasteiger partial charge in [0.15, 0.2) is 0 Å². The lowest BCUT2D eigenvalue weighted by atomic mass is 9.89. The second-order valence-electron chi connectivity index (χ2n) is 5.29. The van der Waals surface area contributed by atoms with Gasteiger partial charge in [-0.2, -0.15) is 0 Å². The van der Waals surface area contributed by atoms with Crippen molar-refractivity contribution in [3.63, 3.8) is 0 Å². The Morgan fingerprint density at radius 3 is 2.89 bits per heavy atom. The Morgan fingerprint density at radius 2 is 2.22 bits per heavy atom. The number of ether oxygens (including phenoxy) is 2. The molecule has 0 saturated carbocycles. The van der Waals surface area contributed by atoms with Crippen molar-refractivity contribution in [1.82, 2.24) is 10.2 Å². The minimum atomic E-state index is 0.00955. The van der Waals surface area contributed by atoms with Gasteiger partial charge in [0.05, 0.1) is 18.3 Å². The largest absolute Gasteiger partial charge is 0.372 e. The Balaban J connectivity index is 1.74. The van der Waals surface area contributed by atoms with E-state index in [1.54, 1.807) is 11.9 Å². The Bertz CT molecular complexity index is 290. The standard InChI is InChI=1S/C13H24N2O3/c1-3-15(2)12(16)10-17-11-8-13(18-9-11)4-6-14-7-5-13/h11,14H,3-10H2,1-2H3. The Labute approximate surface area is 109 Å². The van der Waals surface area contributed by atoms with Crippen LogP contribution in [0.25, 0.3) is 0 Å². The van der Waals surface area contributed by atoms with E-state index in [4.69, 9.17) is 9.47 Å². The smallest absolute Gasteiger partial charge is 0.248 e. The van der Waals surface area contributed by atoms with E-state index in [0.29, 0.717) is 6.61 Å². The van der Waals surface area contributed by atoms with E-state index < -0.39 is 0 Å². The molecule has 1 spiro atoms. The molecule has 2 aliphatic rings. The number of amides is 1. The molecule has 5 nitrogen and oxygen atoms in total. The molecule has 2 heterocycles. The van der Waals surface area contributed by atoms with Crippen LogP contribution in [0.1, 0.15) is 26.2 Å². The Morgan fingerprint density at radius 1 is 1.50 bits per heavy atom. The van der Waals surface area contributed by atoms with Gasteiger partial charge in [0.2, 0.25) is 5.91 Å². The monoisotopic (exact) mass is 256 g/mol. The van der Waals surface area contributed by atoms with Crippen LogP contribution in [0.15, 0.2) is 0 Å². The summed E-state index contributed by atoms with van der Waals surface area (Å²) >= 11 is 0. The minimum absolute atomic E-state index is 0.00955. The van der Waals surface area contributed by atoms with Crippen molar-refractivity contribution in [2.75, 3.05) is 39.9 Å². The van der Waals surface area contributed by atoms with E-state index >= 15 is 0 Å². The zero-order chi connectivity index (χ0) is 13.0. The number of nitrogens with one attached hydrogen (secondary N) is 1. The molecular formula is C13H24N2O3. The van der Waals surface area contributed by atoms with Gasteiger partial charge in [-0.1, -0.05) is 0 Å². The number of carbonyl (C=O) groups excluding carboxylic acids is 1. The number of carbonyl (C=O) groups is 1. The lowest BCUT2D eigenvalue weighted by Gasteiger charge is -2.32. The molecule has 0 aromatic heterocycles. The topological polar surface area (TPSA) is 50.8 Å². The third-order valence-corrected chi connectivity index (χ3v) is 4.03. The van der Waals surface area contributed by atoms with Gasteiger partial charge in [0, 0.05) is 20.0 Å². The molecule has 0 aromatic carbocycles. The van der Waals surface area contributed by atoms with Crippen LogP contribution in [0, 0.1) is 0 Å². The van der Waals surface area contributed by atoms with E-state index in [2.05, 4.69) is 5.32 Å². The average molecular weight is 256 g/mol. The van der Waals surface area contributed by atoms with Gasteiger partial charge < -0.3 is 19.7 Å². The summed E-state index contributed by atoms with van der Waals surface area (Å²) in [5.74, 6) is 0.0451. The fourth-order valence-electron chi connectivity index (χ4n) is 2.62. The molecule has 18 heavy (non-hydrogen) atoms.